The Morgan fingerprint density at radius 3 is 2.68 bits per heavy atom. The Kier molecular flexibility index (Phi) is 8.69. The highest BCUT2D eigenvalue weighted by molar-refractivity contribution is 5.98. The second kappa shape index (κ2) is 12.1. The number of aryl methyl sites for hydroxylation is 1. The number of aliphatic hydroxyl groups excluding tert-OH is 1. The standard InChI is InChI=1S/C29H37N3O2/c1-2-14-30-15-5-6-22-9-10-25-18-26(12-11-24(25)17-22)29(34)31-19-28(33)21-32-16-13-23-7-3-4-8-27(23)20-32/h3-4,7-12,17-18,28,30,33H,2,5-6,13-16,19-21H2,1H3,(H,31,34)/t28-/m0/s1. The quantitative estimate of drug-likeness (QED) is 0.380. The van der Waals surface area contributed by atoms with E-state index in [-0.39, 0.29) is 12.5 Å². The van der Waals surface area contributed by atoms with E-state index in [1.807, 2.05) is 18.2 Å². The molecule has 1 atom stereocenters. The SMILES string of the molecule is CCCNCCCc1ccc2cc(C(=O)NC[C@H](O)CN3CCc4ccccc4C3)ccc2c1. The molecule has 0 aromatic heterocycles. The lowest BCUT2D eigenvalue weighted by Gasteiger charge is -2.30. The number of nitrogens with one attached hydrogen (secondary N) is 2. The van der Waals surface area contributed by atoms with E-state index in [0.29, 0.717) is 12.1 Å². The molecule has 1 amide bonds. The predicted octanol–water partition coefficient (Wildman–Crippen LogP) is 3.92. The summed E-state index contributed by atoms with van der Waals surface area (Å²) in [5.74, 6) is -0.143. The largest absolute Gasteiger partial charge is 0.390 e. The number of fused-ring (bicyclic) bond motifs is 2. The molecule has 1 heterocycles. The first-order valence-electron chi connectivity index (χ1n) is 12.6. The topological polar surface area (TPSA) is 64.6 Å². The van der Waals surface area contributed by atoms with Gasteiger partial charge in [0.1, 0.15) is 0 Å². The summed E-state index contributed by atoms with van der Waals surface area (Å²) in [5, 5.41) is 19.1. The van der Waals surface area contributed by atoms with Crippen LogP contribution in [0, 0.1) is 0 Å². The Morgan fingerprint density at radius 2 is 1.82 bits per heavy atom. The number of β-amino-alcohol motifs (C(OH)–C–C–N with tert-alkyl or cyclic N) is 1. The van der Waals surface area contributed by atoms with Crippen LogP contribution in [0.15, 0.2) is 60.7 Å². The summed E-state index contributed by atoms with van der Waals surface area (Å²) in [6.45, 7) is 6.90. The number of hydrogen-bond donors (Lipinski definition) is 3. The third kappa shape index (κ3) is 6.66. The molecule has 0 bridgehead atoms. The van der Waals surface area contributed by atoms with Gasteiger partial charge in [0, 0.05) is 31.7 Å². The van der Waals surface area contributed by atoms with Crippen molar-refractivity contribution in [1.29, 1.82) is 0 Å². The van der Waals surface area contributed by atoms with Gasteiger partial charge in [-0.2, -0.15) is 0 Å². The van der Waals surface area contributed by atoms with Gasteiger partial charge in [-0.1, -0.05) is 55.5 Å². The van der Waals surface area contributed by atoms with E-state index in [1.165, 1.54) is 16.7 Å². The molecule has 4 rings (SSSR count). The molecule has 3 aromatic carbocycles. The molecule has 0 unspecified atom stereocenters. The summed E-state index contributed by atoms with van der Waals surface area (Å²) in [7, 11) is 0. The van der Waals surface area contributed by atoms with E-state index in [4.69, 9.17) is 0 Å². The van der Waals surface area contributed by atoms with Crippen LogP contribution in [0.2, 0.25) is 0 Å². The molecular weight excluding hydrogens is 422 g/mol. The van der Waals surface area contributed by atoms with Crippen LogP contribution >= 0.6 is 0 Å². The minimum atomic E-state index is -0.593. The summed E-state index contributed by atoms with van der Waals surface area (Å²) >= 11 is 0. The lowest BCUT2D eigenvalue weighted by molar-refractivity contribution is 0.0842. The van der Waals surface area contributed by atoms with Crippen molar-refractivity contribution in [3.63, 3.8) is 0 Å². The van der Waals surface area contributed by atoms with E-state index < -0.39 is 6.10 Å². The molecule has 0 spiro atoms. The van der Waals surface area contributed by atoms with Gasteiger partial charge < -0.3 is 15.7 Å². The van der Waals surface area contributed by atoms with Crippen LogP contribution in [0.1, 0.15) is 46.8 Å². The summed E-state index contributed by atoms with van der Waals surface area (Å²) in [4.78, 5) is 15.0. The summed E-state index contributed by atoms with van der Waals surface area (Å²) in [6.07, 6.45) is 3.75. The average Bonchev–Trinajstić information content (AvgIpc) is 2.86. The van der Waals surface area contributed by atoms with Crippen molar-refractivity contribution in [3.8, 4) is 0 Å². The molecule has 0 saturated carbocycles. The van der Waals surface area contributed by atoms with E-state index in [9.17, 15) is 9.90 Å². The first kappa shape index (κ1) is 24.4. The molecule has 1 aliphatic rings. The molecule has 0 aliphatic carbocycles. The van der Waals surface area contributed by atoms with Crippen molar-refractivity contribution in [2.75, 3.05) is 32.7 Å². The van der Waals surface area contributed by atoms with Crippen LogP contribution in [-0.2, 0) is 19.4 Å². The number of carbonyl (C=O) groups excluding carboxylic acids is 1. The number of rotatable bonds is 11. The van der Waals surface area contributed by atoms with Gasteiger partial charge in [0.15, 0.2) is 0 Å². The zero-order chi connectivity index (χ0) is 23.8. The Hall–Kier alpha value is -2.73. The maximum Gasteiger partial charge on any atom is 0.251 e. The van der Waals surface area contributed by atoms with Crippen molar-refractivity contribution in [1.82, 2.24) is 15.5 Å². The third-order valence-electron chi connectivity index (χ3n) is 6.59. The van der Waals surface area contributed by atoms with Crippen LogP contribution in [0.25, 0.3) is 10.8 Å². The molecule has 34 heavy (non-hydrogen) atoms. The zero-order valence-electron chi connectivity index (χ0n) is 20.2. The minimum Gasteiger partial charge on any atom is -0.390 e. The fourth-order valence-corrected chi connectivity index (χ4v) is 4.70. The van der Waals surface area contributed by atoms with Crippen molar-refractivity contribution in [2.45, 2.75) is 45.3 Å². The highest BCUT2D eigenvalue weighted by atomic mass is 16.3. The molecule has 0 fully saturated rings. The Balaban J connectivity index is 1.26. The van der Waals surface area contributed by atoms with Gasteiger partial charge in [-0.15, -0.1) is 0 Å². The molecule has 3 N–H and O–H groups in total. The van der Waals surface area contributed by atoms with Crippen LogP contribution in [-0.4, -0.2) is 54.7 Å². The van der Waals surface area contributed by atoms with E-state index in [0.717, 1.165) is 62.6 Å². The van der Waals surface area contributed by atoms with Gasteiger partial charge in [-0.3, -0.25) is 9.69 Å². The maximum absolute atomic E-state index is 12.7. The second-order valence-corrected chi connectivity index (χ2v) is 9.37. The molecule has 0 radical (unpaired) electrons. The first-order valence-corrected chi connectivity index (χ1v) is 12.6. The maximum atomic E-state index is 12.7. The fourth-order valence-electron chi connectivity index (χ4n) is 4.70. The predicted molar refractivity (Wildman–Crippen MR) is 139 cm³/mol. The zero-order valence-corrected chi connectivity index (χ0v) is 20.2. The van der Waals surface area contributed by atoms with Crippen molar-refractivity contribution >= 4 is 16.7 Å². The van der Waals surface area contributed by atoms with Crippen molar-refractivity contribution < 1.29 is 9.90 Å². The van der Waals surface area contributed by atoms with Gasteiger partial charge in [-0.05, 0) is 78.4 Å². The number of nitrogens with zero attached hydrogens (tertiary/aromatic N) is 1. The smallest absolute Gasteiger partial charge is 0.251 e. The normalized spacial score (nSPS) is 14.6. The number of carbonyl (C=O) groups is 1. The summed E-state index contributed by atoms with van der Waals surface area (Å²) in [5.41, 5.74) is 4.68. The second-order valence-electron chi connectivity index (χ2n) is 9.37. The lowest BCUT2D eigenvalue weighted by atomic mass is 10.00. The highest BCUT2D eigenvalue weighted by Crippen LogP contribution is 2.20. The van der Waals surface area contributed by atoms with Gasteiger partial charge in [0.05, 0.1) is 6.10 Å². The monoisotopic (exact) mass is 459 g/mol. The molecule has 3 aromatic rings. The molecule has 1 aliphatic heterocycles. The average molecular weight is 460 g/mol. The Morgan fingerprint density at radius 1 is 1.03 bits per heavy atom. The van der Waals surface area contributed by atoms with Crippen molar-refractivity contribution in [2.24, 2.45) is 0 Å². The van der Waals surface area contributed by atoms with E-state index >= 15 is 0 Å². The number of aliphatic hydroxyl groups is 1. The van der Waals surface area contributed by atoms with Gasteiger partial charge in [-0.25, -0.2) is 0 Å². The van der Waals surface area contributed by atoms with E-state index in [2.05, 4.69) is 64.9 Å². The number of hydrogen-bond acceptors (Lipinski definition) is 4. The van der Waals surface area contributed by atoms with Crippen LogP contribution in [0.4, 0.5) is 0 Å². The Labute approximate surface area is 203 Å². The van der Waals surface area contributed by atoms with Crippen LogP contribution in [0.3, 0.4) is 0 Å². The third-order valence-corrected chi connectivity index (χ3v) is 6.59. The molecular formula is C29H37N3O2. The Bertz CT molecular complexity index is 1100. The minimum absolute atomic E-state index is 0.143. The molecule has 5 heteroatoms. The first-order chi connectivity index (χ1) is 16.6. The van der Waals surface area contributed by atoms with Crippen LogP contribution < -0.4 is 10.6 Å². The van der Waals surface area contributed by atoms with Gasteiger partial charge in [0.25, 0.3) is 5.91 Å². The van der Waals surface area contributed by atoms with Crippen molar-refractivity contribution in [3.05, 3.63) is 82.9 Å². The highest BCUT2D eigenvalue weighted by Gasteiger charge is 2.19. The van der Waals surface area contributed by atoms with E-state index in [1.54, 1.807) is 0 Å². The molecule has 180 valence electrons. The molecule has 5 nitrogen and oxygen atoms in total. The molecule has 0 saturated heterocycles. The fraction of sp³-hybridized carbons (Fsp3) is 0.414. The summed E-state index contributed by atoms with van der Waals surface area (Å²) < 4.78 is 0. The van der Waals surface area contributed by atoms with Gasteiger partial charge in [0.2, 0.25) is 0 Å². The van der Waals surface area contributed by atoms with Gasteiger partial charge >= 0.3 is 0 Å². The lowest BCUT2D eigenvalue weighted by Crippen LogP contribution is -2.42. The summed E-state index contributed by atoms with van der Waals surface area (Å²) in [6, 6.07) is 20.8. The van der Waals surface area contributed by atoms with Crippen LogP contribution in [0.5, 0.6) is 0 Å². The number of amides is 1. The number of benzene rings is 3.